The van der Waals surface area contributed by atoms with E-state index in [2.05, 4.69) is 86.9 Å². The minimum absolute atomic E-state index is 0.166. The summed E-state index contributed by atoms with van der Waals surface area (Å²) in [6.45, 7) is 11.4. The summed E-state index contributed by atoms with van der Waals surface area (Å²) in [4.78, 5) is 0. The van der Waals surface area contributed by atoms with Crippen LogP contribution in [0.3, 0.4) is 0 Å². The molecule has 0 spiro atoms. The maximum atomic E-state index is 3.70. The molecule has 0 aliphatic heterocycles. The Morgan fingerprint density at radius 1 is 1.00 bits per heavy atom. The molecule has 0 saturated carbocycles. The van der Waals surface area contributed by atoms with E-state index in [9.17, 15) is 0 Å². The zero-order chi connectivity index (χ0) is 16.3. The first-order valence-corrected chi connectivity index (χ1v) is 9.28. The molecule has 0 saturated heterocycles. The normalized spacial score (nSPS) is 11.7. The van der Waals surface area contributed by atoms with Gasteiger partial charge in [-0.25, -0.2) is 0 Å². The maximum absolute atomic E-state index is 3.70. The molecule has 0 bridgehead atoms. The lowest BCUT2D eigenvalue weighted by Crippen LogP contribution is -2.13. The highest BCUT2D eigenvalue weighted by molar-refractivity contribution is 9.08. The lowest BCUT2D eigenvalue weighted by molar-refractivity contribution is 0.589. The summed E-state index contributed by atoms with van der Waals surface area (Å²) in [5.41, 5.74) is 8.67. The summed E-state index contributed by atoms with van der Waals surface area (Å²) in [6, 6.07) is 13.5. The molecule has 0 heterocycles. The number of rotatable bonds is 4. The second-order valence-electron chi connectivity index (χ2n) is 7.11. The van der Waals surface area contributed by atoms with Gasteiger partial charge in [0, 0.05) is 5.33 Å². The van der Waals surface area contributed by atoms with E-state index in [1.54, 1.807) is 0 Å². The van der Waals surface area contributed by atoms with Crippen LogP contribution >= 0.6 is 15.9 Å². The number of hydrogen-bond donors (Lipinski definition) is 0. The molecule has 0 aromatic heterocycles. The molecule has 0 amide bonds. The third kappa shape index (κ3) is 3.63. The standard InChI is InChI=1S/C21H27Br/c1-6-9-19-16(14-22)12-17(21(3,4)5)13-20(19)18-11-8-7-10-15(18)2/h7-8,10-13H,6,9,14H2,1-5H3. The Balaban J connectivity index is 2.76. The Hall–Kier alpha value is -1.08. The first-order valence-electron chi connectivity index (χ1n) is 8.16. The van der Waals surface area contributed by atoms with Crippen LogP contribution in [0.25, 0.3) is 11.1 Å². The van der Waals surface area contributed by atoms with E-state index in [-0.39, 0.29) is 5.41 Å². The fourth-order valence-corrected chi connectivity index (χ4v) is 3.45. The van der Waals surface area contributed by atoms with Crippen molar-refractivity contribution in [2.75, 3.05) is 0 Å². The van der Waals surface area contributed by atoms with Gasteiger partial charge in [-0.05, 0) is 52.1 Å². The minimum atomic E-state index is 0.166. The molecule has 2 aromatic carbocycles. The van der Waals surface area contributed by atoms with Gasteiger partial charge < -0.3 is 0 Å². The molecule has 0 radical (unpaired) electrons. The van der Waals surface area contributed by atoms with E-state index < -0.39 is 0 Å². The maximum Gasteiger partial charge on any atom is 0.0286 e. The quantitative estimate of drug-likeness (QED) is 0.526. The van der Waals surface area contributed by atoms with Crippen LogP contribution in [0.15, 0.2) is 36.4 Å². The highest BCUT2D eigenvalue weighted by Gasteiger charge is 2.19. The third-order valence-corrected chi connectivity index (χ3v) is 4.89. The van der Waals surface area contributed by atoms with Crippen molar-refractivity contribution in [1.29, 1.82) is 0 Å². The topological polar surface area (TPSA) is 0 Å². The zero-order valence-corrected chi connectivity index (χ0v) is 16.0. The Kier molecular flexibility index (Phi) is 5.50. The molecule has 2 rings (SSSR count). The molecule has 2 aromatic rings. The largest absolute Gasteiger partial charge is 0.0876 e. The summed E-state index contributed by atoms with van der Waals surface area (Å²) in [7, 11) is 0. The number of aryl methyl sites for hydroxylation is 1. The molecule has 0 N–H and O–H groups in total. The molecule has 0 atom stereocenters. The third-order valence-electron chi connectivity index (χ3n) is 4.29. The molecule has 118 valence electrons. The lowest BCUT2D eigenvalue weighted by Gasteiger charge is -2.24. The van der Waals surface area contributed by atoms with Gasteiger partial charge in [-0.3, -0.25) is 0 Å². The monoisotopic (exact) mass is 358 g/mol. The van der Waals surface area contributed by atoms with Crippen molar-refractivity contribution in [2.24, 2.45) is 0 Å². The van der Waals surface area contributed by atoms with Crippen molar-refractivity contribution in [1.82, 2.24) is 0 Å². The van der Waals surface area contributed by atoms with Crippen LogP contribution in [0, 0.1) is 6.92 Å². The molecule has 0 aliphatic rings. The van der Waals surface area contributed by atoms with Crippen molar-refractivity contribution in [2.45, 2.75) is 58.2 Å². The number of halogens is 1. The Morgan fingerprint density at radius 3 is 2.23 bits per heavy atom. The van der Waals surface area contributed by atoms with Crippen LogP contribution in [0.5, 0.6) is 0 Å². The first kappa shape index (κ1) is 17.3. The molecular formula is C21H27Br. The smallest absolute Gasteiger partial charge is 0.0286 e. The highest BCUT2D eigenvalue weighted by atomic mass is 79.9. The predicted octanol–water partition coefficient (Wildman–Crippen LogP) is 6.81. The average Bonchev–Trinajstić information content (AvgIpc) is 2.47. The number of alkyl halides is 1. The van der Waals surface area contributed by atoms with E-state index in [4.69, 9.17) is 0 Å². The van der Waals surface area contributed by atoms with Gasteiger partial charge in [0.25, 0.3) is 0 Å². The zero-order valence-electron chi connectivity index (χ0n) is 14.5. The van der Waals surface area contributed by atoms with Crippen molar-refractivity contribution in [3.63, 3.8) is 0 Å². The fraction of sp³-hybridized carbons (Fsp3) is 0.429. The van der Waals surface area contributed by atoms with Gasteiger partial charge in [0.15, 0.2) is 0 Å². The molecule has 0 nitrogen and oxygen atoms in total. The van der Waals surface area contributed by atoms with Crippen molar-refractivity contribution in [3.8, 4) is 11.1 Å². The van der Waals surface area contributed by atoms with Gasteiger partial charge in [-0.1, -0.05) is 86.4 Å². The van der Waals surface area contributed by atoms with Crippen molar-refractivity contribution in [3.05, 3.63) is 58.7 Å². The lowest BCUT2D eigenvalue weighted by atomic mass is 9.81. The second kappa shape index (κ2) is 7.00. The summed E-state index contributed by atoms with van der Waals surface area (Å²) < 4.78 is 0. The summed E-state index contributed by atoms with van der Waals surface area (Å²) >= 11 is 3.70. The molecular weight excluding hydrogens is 332 g/mol. The van der Waals surface area contributed by atoms with E-state index in [0.29, 0.717) is 0 Å². The fourth-order valence-electron chi connectivity index (χ4n) is 2.94. The van der Waals surface area contributed by atoms with Gasteiger partial charge in [0.2, 0.25) is 0 Å². The Labute approximate surface area is 144 Å². The summed E-state index contributed by atoms with van der Waals surface area (Å²) in [5, 5.41) is 0.922. The Morgan fingerprint density at radius 2 is 1.68 bits per heavy atom. The van der Waals surface area contributed by atoms with Crippen LogP contribution in [0.4, 0.5) is 0 Å². The van der Waals surface area contributed by atoms with Crippen LogP contribution in [0.1, 0.15) is 56.4 Å². The Bertz CT molecular complexity index is 647. The first-order chi connectivity index (χ1) is 10.4. The van der Waals surface area contributed by atoms with E-state index in [0.717, 1.165) is 11.8 Å². The summed E-state index contributed by atoms with van der Waals surface area (Å²) in [6.07, 6.45) is 2.31. The van der Waals surface area contributed by atoms with Gasteiger partial charge in [0.1, 0.15) is 0 Å². The van der Waals surface area contributed by atoms with Gasteiger partial charge in [0.05, 0.1) is 0 Å². The summed E-state index contributed by atoms with van der Waals surface area (Å²) in [5.74, 6) is 0. The van der Waals surface area contributed by atoms with Gasteiger partial charge >= 0.3 is 0 Å². The van der Waals surface area contributed by atoms with E-state index in [1.807, 2.05) is 0 Å². The van der Waals surface area contributed by atoms with Crippen molar-refractivity contribution >= 4 is 15.9 Å². The van der Waals surface area contributed by atoms with Crippen LogP contribution in [0.2, 0.25) is 0 Å². The SMILES string of the molecule is CCCc1c(CBr)cc(C(C)(C)C)cc1-c1ccccc1C. The average molecular weight is 359 g/mol. The minimum Gasteiger partial charge on any atom is -0.0876 e. The van der Waals surface area contributed by atoms with Crippen LogP contribution < -0.4 is 0 Å². The van der Waals surface area contributed by atoms with E-state index >= 15 is 0 Å². The molecule has 0 fully saturated rings. The second-order valence-corrected chi connectivity index (χ2v) is 7.67. The highest BCUT2D eigenvalue weighted by Crippen LogP contribution is 2.35. The van der Waals surface area contributed by atoms with Gasteiger partial charge in [-0.15, -0.1) is 0 Å². The van der Waals surface area contributed by atoms with Gasteiger partial charge in [-0.2, -0.15) is 0 Å². The predicted molar refractivity (Wildman–Crippen MR) is 102 cm³/mol. The van der Waals surface area contributed by atoms with Crippen molar-refractivity contribution < 1.29 is 0 Å². The molecule has 0 aliphatic carbocycles. The van der Waals surface area contributed by atoms with E-state index in [1.165, 1.54) is 39.8 Å². The van der Waals surface area contributed by atoms with Crippen LogP contribution in [-0.2, 0) is 17.2 Å². The molecule has 1 heteroatoms. The molecule has 0 unspecified atom stereocenters. The van der Waals surface area contributed by atoms with Crippen LogP contribution in [-0.4, -0.2) is 0 Å². The molecule has 22 heavy (non-hydrogen) atoms. The number of benzene rings is 2. The number of hydrogen-bond acceptors (Lipinski definition) is 0.